The Morgan fingerprint density at radius 2 is 2.32 bits per heavy atom. The van der Waals surface area contributed by atoms with Gasteiger partial charge in [-0.25, -0.2) is 4.39 Å². The number of benzene rings is 1. The number of aryl methyl sites for hydroxylation is 1. The Balaban J connectivity index is 1.80. The Hall–Kier alpha value is -1.42. The SMILES string of the molecule is Cc1cc(F)ccc1C(=O)NCCC1CCCCO1. The lowest BCUT2D eigenvalue weighted by Gasteiger charge is -2.22. The molecule has 4 heteroatoms. The quantitative estimate of drug-likeness (QED) is 0.909. The predicted octanol–water partition coefficient (Wildman–Crippen LogP) is 2.82. The molecule has 0 aliphatic carbocycles. The van der Waals surface area contributed by atoms with Crippen molar-refractivity contribution >= 4 is 5.91 Å². The second kappa shape index (κ2) is 6.66. The van der Waals surface area contributed by atoms with E-state index in [0.29, 0.717) is 17.7 Å². The summed E-state index contributed by atoms with van der Waals surface area (Å²) in [4.78, 5) is 11.9. The molecular formula is C15H20FNO2. The number of hydrogen-bond donors (Lipinski definition) is 1. The van der Waals surface area contributed by atoms with E-state index < -0.39 is 0 Å². The van der Waals surface area contributed by atoms with E-state index in [1.807, 2.05) is 0 Å². The molecule has 0 radical (unpaired) electrons. The van der Waals surface area contributed by atoms with E-state index in [1.165, 1.54) is 24.6 Å². The molecule has 2 rings (SSSR count). The molecule has 1 amide bonds. The Morgan fingerprint density at radius 1 is 1.47 bits per heavy atom. The zero-order valence-corrected chi connectivity index (χ0v) is 11.2. The summed E-state index contributed by atoms with van der Waals surface area (Å²) in [6.07, 6.45) is 4.52. The highest BCUT2D eigenvalue weighted by Gasteiger charge is 2.14. The zero-order valence-electron chi connectivity index (χ0n) is 11.2. The fourth-order valence-electron chi connectivity index (χ4n) is 2.36. The van der Waals surface area contributed by atoms with Crippen molar-refractivity contribution in [2.24, 2.45) is 0 Å². The van der Waals surface area contributed by atoms with Crippen molar-refractivity contribution in [3.8, 4) is 0 Å². The third kappa shape index (κ3) is 4.03. The smallest absolute Gasteiger partial charge is 0.251 e. The van der Waals surface area contributed by atoms with Crippen LogP contribution in [0.2, 0.25) is 0 Å². The van der Waals surface area contributed by atoms with Gasteiger partial charge in [-0.15, -0.1) is 0 Å². The van der Waals surface area contributed by atoms with Crippen molar-refractivity contribution in [2.75, 3.05) is 13.2 Å². The molecule has 3 nitrogen and oxygen atoms in total. The number of halogens is 1. The van der Waals surface area contributed by atoms with Crippen molar-refractivity contribution in [3.05, 3.63) is 35.1 Å². The zero-order chi connectivity index (χ0) is 13.7. The van der Waals surface area contributed by atoms with E-state index in [-0.39, 0.29) is 17.8 Å². The van der Waals surface area contributed by atoms with Gasteiger partial charge in [-0.05, 0) is 56.4 Å². The first-order valence-corrected chi connectivity index (χ1v) is 6.83. The van der Waals surface area contributed by atoms with Crippen molar-refractivity contribution < 1.29 is 13.9 Å². The highest BCUT2D eigenvalue weighted by molar-refractivity contribution is 5.95. The molecule has 1 aromatic carbocycles. The molecule has 0 aromatic heterocycles. The maximum Gasteiger partial charge on any atom is 0.251 e. The summed E-state index contributed by atoms with van der Waals surface area (Å²) in [5.74, 6) is -0.460. The number of hydrogen-bond acceptors (Lipinski definition) is 2. The van der Waals surface area contributed by atoms with Gasteiger partial charge in [-0.2, -0.15) is 0 Å². The molecule has 1 fully saturated rings. The number of ether oxygens (including phenoxy) is 1. The normalized spacial score (nSPS) is 19.2. The molecule has 1 saturated heterocycles. The van der Waals surface area contributed by atoms with Gasteiger partial charge in [0.05, 0.1) is 6.10 Å². The number of nitrogens with one attached hydrogen (secondary N) is 1. The molecule has 1 heterocycles. The van der Waals surface area contributed by atoms with Crippen molar-refractivity contribution in [2.45, 2.75) is 38.7 Å². The topological polar surface area (TPSA) is 38.3 Å². The molecule has 1 aromatic rings. The van der Waals surface area contributed by atoms with Gasteiger partial charge in [-0.3, -0.25) is 4.79 Å². The Bertz CT molecular complexity index is 442. The van der Waals surface area contributed by atoms with E-state index >= 15 is 0 Å². The van der Waals surface area contributed by atoms with Crippen LogP contribution in [0.4, 0.5) is 4.39 Å². The fraction of sp³-hybridized carbons (Fsp3) is 0.533. The average molecular weight is 265 g/mol. The van der Waals surface area contributed by atoms with Gasteiger partial charge in [0.2, 0.25) is 0 Å². The minimum Gasteiger partial charge on any atom is -0.378 e. The first kappa shape index (κ1) is 14.0. The largest absolute Gasteiger partial charge is 0.378 e. The van der Waals surface area contributed by atoms with Crippen LogP contribution < -0.4 is 5.32 Å². The van der Waals surface area contributed by atoms with Crippen LogP contribution in [0.3, 0.4) is 0 Å². The van der Waals surface area contributed by atoms with Crippen molar-refractivity contribution in [3.63, 3.8) is 0 Å². The summed E-state index contributed by atoms with van der Waals surface area (Å²) in [5, 5.41) is 2.87. The van der Waals surface area contributed by atoms with Crippen LogP contribution in [-0.4, -0.2) is 25.2 Å². The third-order valence-electron chi connectivity index (χ3n) is 3.46. The number of rotatable bonds is 4. The Morgan fingerprint density at radius 3 is 3.00 bits per heavy atom. The Kier molecular flexibility index (Phi) is 4.91. The van der Waals surface area contributed by atoms with Crippen LogP contribution in [0.1, 0.15) is 41.6 Å². The van der Waals surface area contributed by atoms with E-state index in [4.69, 9.17) is 4.74 Å². The monoisotopic (exact) mass is 265 g/mol. The average Bonchev–Trinajstić information content (AvgIpc) is 2.39. The predicted molar refractivity (Wildman–Crippen MR) is 71.7 cm³/mol. The molecule has 1 N–H and O–H groups in total. The van der Waals surface area contributed by atoms with Gasteiger partial charge < -0.3 is 10.1 Å². The van der Waals surface area contributed by atoms with Crippen LogP contribution in [0.15, 0.2) is 18.2 Å². The van der Waals surface area contributed by atoms with E-state index in [0.717, 1.165) is 25.9 Å². The first-order valence-electron chi connectivity index (χ1n) is 6.83. The summed E-state index contributed by atoms with van der Waals surface area (Å²) in [6, 6.07) is 4.21. The van der Waals surface area contributed by atoms with Gasteiger partial charge in [0.1, 0.15) is 5.82 Å². The van der Waals surface area contributed by atoms with Crippen LogP contribution in [0.25, 0.3) is 0 Å². The lowest BCUT2D eigenvalue weighted by Crippen LogP contribution is -2.29. The molecule has 0 bridgehead atoms. The van der Waals surface area contributed by atoms with Gasteiger partial charge >= 0.3 is 0 Å². The molecule has 1 aliphatic heterocycles. The molecule has 0 spiro atoms. The minimum atomic E-state index is -0.315. The fourth-order valence-corrected chi connectivity index (χ4v) is 2.36. The minimum absolute atomic E-state index is 0.145. The maximum atomic E-state index is 13.0. The number of carbonyl (C=O) groups is 1. The van der Waals surface area contributed by atoms with Gasteiger partial charge in [0.15, 0.2) is 0 Å². The highest BCUT2D eigenvalue weighted by Crippen LogP contribution is 2.15. The van der Waals surface area contributed by atoms with Gasteiger partial charge in [-0.1, -0.05) is 0 Å². The molecule has 1 aliphatic rings. The third-order valence-corrected chi connectivity index (χ3v) is 3.46. The second-order valence-corrected chi connectivity index (χ2v) is 4.99. The van der Waals surface area contributed by atoms with Crippen LogP contribution in [-0.2, 0) is 4.74 Å². The molecule has 0 saturated carbocycles. The molecule has 1 unspecified atom stereocenters. The van der Waals surface area contributed by atoms with Crippen molar-refractivity contribution in [1.29, 1.82) is 0 Å². The summed E-state index contributed by atoms with van der Waals surface area (Å²) in [7, 11) is 0. The summed E-state index contributed by atoms with van der Waals surface area (Å²) in [5.41, 5.74) is 1.19. The van der Waals surface area contributed by atoms with Crippen LogP contribution in [0.5, 0.6) is 0 Å². The molecule has 104 valence electrons. The van der Waals surface area contributed by atoms with Gasteiger partial charge in [0, 0.05) is 18.7 Å². The van der Waals surface area contributed by atoms with E-state index in [1.54, 1.807) is 6.92 Å². The lowest BCUT2D eigenvalue weighted by molar-refractivity contribution is 0.0117. The first-order chi connectivity index (χ1) is 9.16. The van der Waals surface area contributed by atoms with Crippen LogP contribution >= 0.6 is 0 Å². The van der Waals surface area contributed by atoms with Crippen LogP contribution in [0, 0.1) is 12.7 Å². The summed E-state index contributed by atoms with van der Waals surface area (Å²) in [6.45, 7) is 3.16. The lowest BCUT2D eigenvalue weighted by atomic mass is 10.1. The van der Waals surface area contributed by atoms with E-state index in [2.05, 4.69) is 5.32 Å². The van der Waals surface area contributed by atoms with E-state index in [9.17, 15) is 9.18 Å². The molecule has 1 atom stereocenters. The summed E-state index contributed by atoms with van der Waals surface area (Å²) < 4.78 is 18.6. The summed E-state index contributed by atoms with van der Waals surface area (Å²) >= 11 is 0. The standard InChI is InChI=1S/C15H20FNO2/c1-11-10-12(16)5-6-14(11)15(18)17-8-7-13-4-2-3-9-19-13/h5-6,10,13H,2-4,7-9H2,1H3,(H,17,18). The second-order valence-electron chi connectivity index (χ2n) is 4.99. The highest BCUT2D eigenvalue weighted by atomic mass is 19.1. The number of amides is 1. The maximum absolute atomic E-state index is 13.0. The van der Waals surface area contributed by atoms with Gasteiger partial charge in [0.25, 0.3) is 5.91 Å². The Labute approximate surface area is 113 Å². The molecular weight excluding hydrogens is 245 g/mol. The van der Waals surface area contributed by atoms with Crippen molar-refractivity contribution in [1.82, 2.24) is 5.32 Å². The number of carbonyl (C=O) groups excluding carboxylic acids is 1. The molecule has 19 heavy (non-hydrogen) atoms.